The highest BCUT2D eigenvalue weighted by atomic mass is 19.1. The van der Waals surface area contributed by atoms with Gasteiger partial charge in [-0.3, -0.25) is 24.2 Å². The summed E-state index contributed by atoms with van der Waals surface area (Å²) in [7, 11) is 1.44. The van der Waals surface area contributed by atoms with Gasteiger partial charge in [0.05, 0.1) is 24.8 Å². The second-order valence-corrected chi connectivity index (χ2v) is 9.86. The zero-order chi connectivity index (χ0) is 30.4. The van der Waals surface area contributed by atoms with Gasteiger partial charge >= 0.3 is 0 Å². The van der Waals surface area contributed by atoms with Crippen molar-refractivity contribution >= 4 is 40.0 Å². The average Bonchev–Trinajstić information content (AvgIpc) is 3.83. The normalized spacial score (nSPS) is 13.2. The van der Waals surface area contributed by atoms with Crippen LogP contribution in [0.1, 0.15) is 29.6 Å². The summed E-state index contributed by atoms with van der Waals surface area (Å²) in [5, 5.41) is 14.9. The Hall–Kier alpha value is -5.07. The van der Waals surface area contributed by atoms with Crippen molar-refractivity contribution in [2.75, 3.05) is 31.0 Å². The maximum atomic E-state index is 13.2. The Bertz CT molecular complexity index is 1640. The van der Waals surface area contributed by atoms with Gasteiger partial charge in [0.15, 0.2) is 0 Å². The van der Waals surface area contributed by atoms with Crippen molar-refractivity contribution in [3.63, 3.8) is 0 Å². The lowest BCUT2D eigenvalue weighted by Crippen LogP contribution is -2.35. The molecule has 12 heteroatoms. The highest BCUT2D eigenvalue weighted by Gasteiger charge is 2.56. The number of hydrogen-bond acceptors (Lipinski definition) is 8. The molecule has 1 aromatic heterocycles. The third-order valence-electron chi connectivity index (χ3n) is 6.90. The maximum absolute atomic E-state index is 13.2. The van der Waals surface area contributed by atoms with Crippen LogP contribution in [-0.4, -0.2) is 48.1 Å². The number of carbonyl (C=O) groups excluding carboxylic acids is 3. The van der Waals surface area contributed by atoms with Crippen LogP contribution in [0.5, 0.6) is 17.2 Å². The van der Waals surface area contributed by atoms with Crippen molar-refractivity contribution in [2.45, 2.75) is 19.3 Å². The van der Waals surface area contributed by atoms with Crippen LogP contribution in [0.25, 0.3) is 10.9 Å². The predicted molar refractivity (Wildman–Crippen MR) is 155 cm³/mol. The lowest BCUT2D eigenvalue weighted by molar-refractivity contribution is -0.131. The lowest BCUT2D eigenvalue weighted by Gasteiger charge is -2.16. The van der Waals surface area contributed by atoms with Crippen LogP contribution in [0.2, 0.25) is 0 Å². The molecule has 11 nitrogen and oxygen atoms in total. The number of hydroxylamine groups is 1. The standard InChI is InChI=1S/C31H29FN4O7/c1-41-27-18-25-23(17-24(27)28(38)36-42-16-2-15-37)26(11-14-33-25)43-22-9-7-21(8-10-22)35-30(40)31(12-13-31)29(39)34-20-5-3-19(32)4-6-20/h3-11,14,17-18,37H,2,12-13,15-16H2,1H3,(H,34,39)(H,35,40)(H,36,38). The molecule has 0 atom stereocenters. The number of hydrogen-bond donors (Lipinski definition) is 4. The second kappa shape index (κ2) is 12.8. The zero-order valence-corrected chi connectivity index (χ0v) is 23.2. The van der Waals surface area contributed by atoms with Gasteiger partial charge in [0.25, 0.3) is 5.91 Å². The van der Waals surface area contributed by atoms with Crippen LogP contribution in [0, 0.1) is 11.2 Å². The molecule has 4 N–H and O–H groups in total. The summed E-state index contributed by atoms with van der Waals surface area (Å²) in [4.78, 5) is 48.0. The Kier molecular flexibility index (Phi) is 8.79. The summed E-state index contributed by atoms with van der Waals surface area (Å²) in [5.74, 6) is -0.658. The van der Waals surface area contributed by atoms with Gasteiger partial charge in [-0.25, -0.2) is 9.87 Å². The number of fused-ring (bicyclic) bond motifs is 1. The number of nitrogens with one attached hydrogen (secondary N) is 3. The van der Waals surface area contributed by atoms with Gasteiger partial charge in [-0.2, -0.15) is 0 Å². The van der Waals surface area contributed by atoms with E-state index in [2.05, 4.69) is 21.1 Å². The molecule has 0 saturated heterocycles. The zero-order valence-electron chi connectivity index (χ0n) is 23.2. The van der Waals surface area contributed by atoms with E-state index in [1.165, 1.54) is 31.4 Å². The quantitative estimate of drug-likeness (QED) is 0.107. The van der Waals surface area contributed by atoms with E-state index in [-0.39, 0.29) is 18.8 Å². The van der Waals surface area contributed by atoms with Gasteiger partial charge < -0.3 is 25.2 Å². The minimum absolute atomic E-state index is 0.0638. The highest BCUT2D eigenvalue weighted by Crippen LogP contribution is 2.47. The van der Waals surface area contributed by atoms with Crippen molar-refractivity contribution < 1.29 is 38.2 Å². The minimum Gasteiger partial charge on any atom is -0.496 e. The number of aliphatic hydroxyl groups is 1. The fourth-order valence-corrected chi connectivity index (χ4v) is 4.34. The number of aliphatic hydroxyl groups excluding tert-OH is 1. The van der Waals surface area contributed by atoms with E-state index in [0.717, 1.165) is 0 Å². The molecular formula is C31H29FN4O7. The Morgan fingerprint density at radius 3 is 2.19 bits per heavy atom. The topological polar surface area (TPSA) is 148 Å². The number of halogens is 1. The van der Waals surface area contributed by atoms with Crippen molar-refractivity contribution in [1.29, 1.82) is 0 Å². The minimum atomic E-state index is -1.19. The van der Waals surface area contributed by atoms with E-state index < -0.39 is 29.0 Å². The van der Waals surface area contributed by atoms with Crippen molar-refractivity contribution in [2.24, 2.45) is 5.41 Å². The summed E-state index contributed by atoms with van der Waals surface area (Å²) in [6.07, 6.45) is 2.74. The number of methoxy groups -OCH3 is 1. The van der Waals surface area contributed by atoms with E-state index in [0.29, 0.717) is 58.8 Å². The number of anilines is 2. The van der Waals surface area contributed by atoms with Crippen LogP contribution in [0.3, 0.4) is 0 Å². The number of amides is 3. The number of aromatic nitrogens is 1. The molecule has 1 fully saturated rings. The molecule has 5 rings (SSSR count). The molecule has 0 spiro atoms. The van der Waals surface area contributed by atoms with Gasteiger partial charge in [0.2, 0.25) is 11.8 Å². The van der Waals surface area contributed by atoms with E-state index in [1.807, 2.05) is 0 Å². The van der Waals surface area contributed by atoms with E-state index in [4.69, 9.17) is 19.4 Å². The molecule has 222 valence electrons. The summed E-state index contributed by atoms with van der Waals surface area (Å²) in [6.45, 7) is 0.0837. The number of nitrogens with zero attached hydrogens (tertiary/aromatic N) is 1. The van der Waals surface area contributed by atoms with Crippen LogP contribution < -0.4 is 25.6 Å². The van der Waals surface area contributed by atoms with Crippen LogP contribution in [-0.2, 0) is 14.4 Å². The van der Waals surface area contributed by atoms with Gasteiger partial charge in [0.1, 0.15) is 28.5 Å². The summed E-state index contributed by atoms with van der Waals surface area (Å²) < 4.78 is 24.6. The van der Waals surface area contributed by atoms with Crippen LogP contribution in [0.4, 0.5) is 15.8 Å². The summed E-state index contributed by atoms with van der Waals surface area (Å²) in [6, 6.07) is 16.8. The first-order valence-electron chi connectivity index (χ1n) is 13.5. The van der Waals surface area contributed by atoms with Crippen molar-refractivity contribution in [3.05, 3.63) is 84.3 Å². The van der Waals surface area contributed by atoms with E-state index in [1.54, 1.807) is 48.7 Å². The first-order chi connectivity index (χ1) is 20.8. The molecule has 1 aliphatic rings. The fraction of sp³-hybridized carbons (Fsp3) is 0.226. The van der Waals surface area contributed by atoms with Crippen LogP contribution in [0.15, 0.2) is 72.9 Å². The third kappa shape index (κ3) is 6.71. The lowest BCUT2D eigenvalue weighted by atomic mass is 10.0. The highest BCUT2D eigenvalue weighted by molar-refractivity contribution is 6.16. The number of benzene rings is 3. The molecule has 0 bridgehead atoms. The van der Waals surface area contributed by atoms with E-state index in [9.17, 15) is 18.8 Å². The Morgan fingerprint density at radius 2 is 1.58 bits per heavy atom. The summed E-state index contributed by atoms with van der Waals surface area (Å²) >= 11 is 0. The molecule has 43 heavy (non-hydrogen) atoms. The molecule has 1 heterocycles. The second-order valence-electron chi connectivity index (χ2n) is 9.86. The molecule has 1 saturated carbocycles. The molecule has 4 aromatic rings. The monoisotopic (exact) mass is 588 g/mol. The first-order valence-corrected chi connectivity index (χ1v) is 13.5. The molecular weight excluding hydrogens is 559 g/mol. The average molecular weight is 589 g/mol. The maximum Gasteiger partial charge on any atom is 0.278 e. The largest absolute Gasteiger partial charge is 0.496 e. The van der Waals surface area contributed by atoms with Gasteiger partial charge in [-0.1, -0.05) is 0 Å². The SMILES string of the molecule is COc1cc2nccc(Oc3ccc(NC(=O)C4(C(=O)Nc5ccc(F)cc5)CC4)cc3)c2cc1C(=O)NOCCCO. The van der Waals surface area contributed by atoms with Crippen molar-refractivity contribution in [1.82, 2.24) is 10.5 Å². The van der Waals surface area contributed by atoms with E-state index >= 15 is 0 Å². The number of ether oxygens (including phenoxy) is 2. The van der Waals surface area contributed by atoms with Gasteiger partial charge in [-0.05, 0) is 79.9 Å². The van der Waals surface area contributed by atoms with Crippen molar-refractivity contribution in [3.8, 4) is 17.2 Å². The van der Waals surface area contributed by atoms with Crippen LogP contribution >= 0.6 is 0 Å². The van der Waals surface area contributed by atoms with Gasteiger partial charge in [0, 0.05) is 35.6 Å². The molecule has 3 amide bonds. The number of carbonyl (C=O) groups is 3. The molecule has 0 unspecified atom stereocenters. The number of rotatable bonds is 12. The molecule has 0 radical (unpaired) electrons. The molecule has 1 aliphatic carbocycles. The first kappa shape index (κ1) is 29.4. The Morgan fingerprint density at radius 1 is 0.930 bits per heavy atom. The Balaban J connectivity index is 1.27. The Labute approximate surface area is 245 Å². The van der Waals surface area contributed by atoms with Gasteiger partial charge in [-0.15, -0.1) is 0 Å². The summed E-state index contributed by atoms with van der Waals surface area (Å²) in [5.41, 5.74) is 2.77. The number of pyridine rings is 1. The third-order valence-corrected chi connectivity index (χ3v) is 6.90. The smallest absolute Gasteiger partial charge is 0.278 e. The fourth-order valence-electron chi connectivity index (χ4n) is 4.34. The predicted octanol–water partition coefficient (Wildman–Crippen LogP) is 4.58. The molecule has 0 aliphatic heterocycles. The molecule has 3 aromatic carbocycles.